The van der Waals surface area contributed by atoms with E-state index in [1.807, 2.05) is 18.6 Å². The van der Waals surface area contributed by atoms with Gasteiger partial charge in [0, 0.05) is 37.1 Å². The van der Waals surface area contributed by atoms with Crippen LogP contribution in [0.4, 0.5) is 5.95 Å². The van der Waals surface area contributed by atoms with Gasteiger partial charge < -0.3 is 15.0 Å². The fraction of sp³-hybridized carbons (Fsp3) is 0.591. The van der Waals surface area contributed by atoms with Crippen LogP contribution in [-0.4, -0.2) is 47.7 Å². The third-order valence-corrected chi connectivity index (χ3v) is 6.00. The fourth-order valence-electron chi connectivity index (χ4n) is 4.04. The number of aryl methyl sites for hydroxylation is 1. The first-order valence-corrected chi connectivity index (χ1v) is 10.7. The summed E-state index contributed by atoms with van der Waals surface area (Å²) in [5, 5.41) is 3.41. The van der Waals surface area contributed by atoms with Gasteiger partial charge in [-0.05, 0) is 68.8 Å². The summed E-state index contributed by atoms with van der Waals surface area (Å²) in [4.78, 5) is 16.0. The van der Waals surface area contributed by atoms with E-state index >= 15 is 0 Å². The summed E-state index contributed by atoms with van der Waals surface area (Å²) in [7, 11) is 0. The van der Waals surface area contributed by atoms with Gasteiger partial charge in [-0.2, -0.15) is 0 Å². The Morgan fingerprint density at radius 1 is 1.00 bits per heavy atom. The molecule has 4 rings (SSSR count). The molecule has 2 aliphatic rings. The Bertz CT molecular complexity index is 720. The predicted molar refractivity (Wildman–Crippen MR) is 111 cm³/mol. The van der Waals surface area contributed by atoms with E-state index in [4.69, 9.17) is 4.74 Å². The molecule has 6 nitrogen and oxygen atoms in total. The SMILES string of the molecule is CCc1cnc(N2CCC(COc3ccc(C4CCNCC4)nc3)CC2)nc1. The van der Waals surface area contributed by atoms with E-state index in [-0.39, 0.29) is 0 Å². The number of hydrogen-bond acceptors (Lipinski definition) is 6. The van der Waals surface area contributed by atoms with Crippen LogP contribution < -0.4 is 15.0 Å². The molecule has 150 valence electrons. The molecule has 0 aliphatic carbocycles. The lowest BCUT2D eigenvalue weighted by molar-refractivity contribution is 0.221. The second-order valence-electron chi connectivity index (χ2n) is 7.93. The first-order chi connectivity index (χ1) is 13.8. The molecule has 0 unspecified atom stereocenters. The minimum absolute atomic E-state index is 0.579. The number of hydrogen-bond donors (Lipinski definition) is 1. The smallest absolute Gasteiger partial charge is 0.225 e. The maximum absolute atomic E-state index is 6.03. The number of ether oxygens (including phenoxy) is 1. The molecule has 0 atom stereocenters. The fourth-order valence-corrected chi connectivity index (χ4v) is 4.04. The maximum atomic E-state index is 6.03. The van der Waals surface area contributed by atoms with E-state index < -0.39 is 0 Å². The van der Waals surface area contributed by atoms with Crippen LogP contribution in [-0.2, 0) is 6.42 Å². The van der Waals surface area contributed by atoms with Crippen molar-refractivity contribution in [2.45, 2.75) is 44.9 Å². The molecule has 0 aromatic carbocycles. The first kappa shape index (κ1) is 19.1. The zero-order chi connectivity index (χ0) is 19.2. The van der Waals surface area contributed by atoms with Gasteiger partial charge in [-0.3, -0.25) is 4.98 Å². The number of pyridine rings is 1. The Morgan fingerprint density at radius 2 is 1.75 bits per heavy atom. The summed E-state index contributed by atoms with van der Waals surface area (Å²) in [5.41, 5.74) is 2.39. The third-order valence-electron chi connectivity index (χ3n) is 6.00. The second kappa shape index (κ2) is 9.32. The van der Waals surface area contributed by atoms with Gasteiger partial charge >= 0.3 is 0 Å². The number of piperidine rings is 2. The minimum atomic E-state index is 0.579. The third kappa shape index (κ3) is 4.79. The Labute approximate surface area is 167 Å². The molecular weight excluding hydrogens is 350 g/mol. The highest BCUT2D eigenvalue weighted by Crippen LogP contribution is 2.25. The number of nitrogens with one attached hydrogen (secondary N) is 1. The largest absolute Gasteiger partial charge is 0.492 e. The van der Waals surface area contributed by atoms with Crippen molar-refractivity contribution in [1.82, 2.24) is 20.3 Å². The van der Waals surface area contributed by atoms with Gasteiger partial charge in [0.25, 0.3) is 0 Å². The minimum Gasteiger partial charge on any atom is -0.492 e. The van der Waals surface area contributed by atoms with Crippen LogP contribution in [0.25, 0.3) is 0 Å². The van der Waals surface area contributed by atoms with Crippen molar-refractivity contribution in [3.8, 4) is 5.75 Å². The zero-order valence-corrected chi connectivity index (χ0v) is 16.8. The molecule has 1 N–H and O–H groups in total. The number of anilines is 1. The van der Waals surface area contributed by atoms with Gasteiger partial charge in [0.05, 0.1) is 12.8 Å². The Morgan fingerprint density at radius 3 is 2.39 bits per heavy atom. The molecule has 0 saturated carbocycles. The molecule has 6 heteroatoms. The molecule has 2 fully saturated rings. The molecule has 0 spiro atoms. The van der Waals surface area contributed by atoms with E-state index in [2.05, 4.69) is 44.2 Å². The summed E-state index contributed by atoms with van der Waals surface area (Å²) in [5.74, 6) is 2.91. The van der Waals surface area contributed by atoms with Crippen LogP contribution in [0.1, 0.15) is 49.8 Å². The number of aromatic nitrogens is 3. The van der Waals surface area contributed by atoms with Gasteiger partial charge in [-0.1, -0.05) is 6.92 Å². The van der Waals surface area contributed by atoms with Gasteiger partial charge in [0.2, 0.25) is 5.95 Å². The Balaban J connectivity index is 1.22. The van der Waals surface area contributed by atoms with Crippen LogP contribution >= 0.6 is 0 Å². The molecule has 2 aromatic rings. The summed E-state index contributed by atoms with van der Waals surface area (Å²) in [6.07, 6.45) is 11.3. The molecule has 0 amide bonds. The summed E-state index contributed by atoms with van der Waals surface area (Å²) < 4.78 is 6.03. The van der Waals surface area contributed by atoms with Gasteiger partial charge in [-0.25, -0.2) is 9.97 Å². The molecule has 2 aromatic heterocycles. The molecule has 4 heterocycles. The van der Waals surface area contributed by atoms with Gasteiger partial charge in [-0.15, -0.1) is 0 Å². The van der Waals surface area contributed by atoms with Crippen molar-refractivity contribution < 1.29 is 4.74 Å². The van der Waals surface area contributed by atoms with Crippen molar-refractivity contribution in [1.29, 1.82) is 0 Å². The topological polar surface area (TPSA) is 63.2 Å². The average Bonchev–Trinajstić information content (AvgIpc) is 2.79. The van der Waals surface area contributed by atoms with Crippen molar-refractivity contribution in [2.24, 2.45) is 5.92 Å². The number of rotatable bonds is 6. The molecule has 0 radical (unpaired) electrons. The van der Waals surface area contributed by atoms with Crippen LogP contribution in [0.5, 0.6) is 5.75 Å². The normalized spacial score (nSPS) is 19.0. The first-order valence-electron chi connectivity index (χ1n) is 10.7. The van der Waals surface area contributed by atoms with Crippen LogP contribution in [0, 0.1) is 5.92 Å². The molecule has 2 aliphatic heterocycles. The lowest BCUT2D eigenvalue weighted by atomic mass is 9.94. The van der Waals surface area contributed by atoms with E-state index in [1.165, 1.54) is 24.1 Å². The van der Waals surface area contributed by atoms with E-state index in [0.717, 1.165) is 63.7 Å². The van der Waals surface area contributed by atoms with Gasteiger partial charge in [0.1, 0.15) is 5.75 Å². The van der Waals surface area contributed by atoms with E-state index in [1.54, 1.807) is 0 Å². The van der Waals surface area contributed by atoms with E-state index in [9.17, 15) is 0 Å². The lowest BCUT2D eigenvalue weighted by Gasteiger charge is -2.31. The standard InChI is InChI=1S/C22H31N5O/c1-2-17-13-25-22(26-14-17)27-11-7-18(8-12-27)16-28-20-3-4-21(24-15-20)19-5-9-23-10-6-19/h3-4,13-15,18-19,23H,2,5-12,16H2,1H3. The van der Waals surface area contributed by atoms with E-state index in [0.29, 0.717) is 11.8 Å². The van der Waals surface area contributed by atoms with Crippen LogP contribution in [0.3, 0.4) is 0 Å². The quantitative estimate of drug-likeness (QED) is 0.829. The highest BCUT2D eigenvalue weighted by Gasteiger charge is 2.22. The lowest BCUT2D eigenvalue weighted by Crippen LogP contribution is -2.36. The summed E-state index contributed by atoms with van der Waals surface area (Å²) >= 11 is 0. The van der Waals surface area contributed by atoms with Crippen molar-refractivity contribution >= 4 is 5.95 Å². The zero-order valence-electron chi connectivity index (χ0n) is 16.8. The molecule has 2 saturated heterocycles. The molecule has 28 heavy (non-hydrogen) atoms. The van der Waals surface area contributed by atoms with Crippen molar-refractivity contribution in [3.05, 3.63) is 42.0 Å². The number of nitrogens with zero attached hydrogens (tertiary/aromatic N) is 4. The van der Waals surface area contributed by atoms with Crippen molar-refractivity contribution in [2.75, 3.05) is 37.7 Å². The van der Waals surface area contributed by atoms with Gasteiger partial charge in [0.15, 0.2) is 0 Å². The van der Waals surface area contributed by atoms with Crippen LogP contribution in [0.2, 0.25) is 0 Å². The molecular formula is C22H31N5O. The maximum Gasteiger partial charge on any atom is 0.225 e. The van der Waals surface area contributed by atoms with Crippen LogP contribution in [0.15, 0.2) is 30.7 Å². The summed E-state index contributed by atoms with van der Waals surface area (Å²) in [6.45, 7) is 7.06. The highest BCUT2D eigenvalue weighted by atomic mass is 16.5. The monoisotopic (exact) mass is 381 g/mol. The second-order valence-corrected chi connectivity index (χ2v) is 7.93. The Kier molecular flexibility index (Phi) is 6.37. The van der Waals surface area contributed by atoms with Crippen molar-refractivity contribution in [3.63, 3.8) is 0 Å². The summed E-state index contributed by atoms with van der Waals surface area (Å²) in [6, 6.07) is 4.23. The molecule has 0 bridgehead atoms. The predicted octanol–water partition coefficient (Wildman–Crippen LogP) is 3.20. The highest BCUT2D eigenvalue weighted by molar-refractivity contribution is 5.30. The Hall–Kier alpha value is -2.21. The average molecular weight is 382 g/mol.